The molecule has 1 aromatic heterocycles. The van der Waals surface area contributed by atoms with Crippen LogP contribution in [0.3, 0.4) is 0 Å². The molecule has 5 heteroatoms. The van der Waals surface area contributed by atoms with Gasteiger partial charge in [-0.25, -0.2) is 0 Å². The van der Waals surface area contributed by atoms with Crippen molar-refractivity contribution in [1.29, 1.82) is 0 Å². The van der Waals surface area contributed by atoms with Crippen molar-refractivity contribution >= 4 is 5.91 Å². The maximum absolute atomic E-state index is 11.6. The number of hydrogen-bond donors (Lipinski definition) is 3. The zero-order valence-corrected chi connectivity index (χ0v) is 11.7. The van der Waals surface area contributed by atoms with Crippen LogP contribution in [0.4, 0.5) is 0 Å². The van der Waals surface area contributed by atoms with Gasteiger partial charge in [-0.05, 0) is 38.2 Å². The lowest BCUT2D eigenvalue weighted by atomic mass is 10.1. The topological polar surface area (TPSA) is 69.8 Å². The third-order valence-corrected chi connectivity index (χ3v) is 3.79. The van der Waals surface area contributed by atoms with E-state index in [-0.39, 0.29) is 5.91 Å². The van der Waals surface area contributed by atoms with Crippen molar-refractivity contribution in [1.82, 2.24) is 20.8 Å². The number of amides is 1. The van der Waals surface area contributed by atoms with Gasteiger partial charge in [-0.3, -0.25) is 9.89 Å². The van der Waals surface area contributed by atoms with Gasteiger partial charge in [0.05, 0.1) is 12.7 Å². The van der Waals surface area contributed by atoms with Crippen molar-refractivity contribution in [2.75, 3.05) is 13.1 Å². The van der Waals surface area contributed by atoms with Gasteiger partial charge >= 0.3 is 0 Å². The summed E-state index contributed by atoms with van der Waals surface area (Å²) in [6.45, 7) is 3.21. The first-order valence-electron chi connectivity index (χ1n) is 7.24. The Labute approximate surface area is 114 Å². The maximum atomic E-state index is 11.6. The molecule has 1 amide bonds. The Morgan fingerprint density at radius 2 is 2.26 bits per heavy atom. The highest BCUT2D eigenvalue weighted by molar-refractivity contribution is 5.77. The van der Waals surface area contributed by atoms with E-state index < -0.39 is 0 Å². The number of hydrogen-bond acceptors (Lipinski definition) is 3. The highest BCUT2D eigenvalue weighted by Gasteiger charge is 2.14. The summed E-state index contributed by atoms with van der Waals surface area (Å²) in [5, 5.41) is 13.2. The van der Waals surface area contributed by atoms with E-state index in [0.717, 1.165) is 25.1 Å². The van der Waals surface area contributed by atoms with E-state index in [1.165, 1.54) is 31.2 Å². The third kappa shape index (κ3) is 4.67. The molecule has 0 unspecified atom stereocenters. The second-order valence-electron chi connectivity index (χ2n) is 5.34. The van der Waals surface area contributed by atoms with Crippen molar-refractivity contribution < 1.29 is 4.79 Å². The Hall–Kier alpha value is -1.36. The van der Waals surface area contributed by atoms with E-state index in [0.29, 0.717) is 12.6 Å². The van der Waals surface area contributed by atoms with Gasteiger partial charge < -0.3 is 10.6 Å². The van der Waals surface area contributed by atoms with Gasteiger partial charge in [0.25, 0.3) is 0 Å². The van der Waals surface area contributed by atoms with E-state index in [1.54, 1.807) is 0 Å². The fourth-order valence-corrected chi connectivity index (χ4v) is 2.56. The molecule has 19 heavy (non-hydrogen) atoms. The lowest BCUT2D eigenvalue weighted by Crippen LogP contribution is -2.38. The maximum Gasteiger partial charge on any atom is 0.233 e. The predicted octanol–water partition coefficient (Wildman–Crippen LogP) is 1.30. The number of nitrogens with one attached hydrogen (secondary N) is 3. The molecule has 0 spiro atoms. The lowest BCUT2D eigenvalue weighted by molar-refractivity contribution is -0.120. The average Bonchev–Trinajstić information content (AvgIpc) is 3.04. The van der Waals surface area contributed by atoms with Gasteiger partial charge in [-0.15, -0.1) is 0 Å². The van der Waals surface area contributed by atoms with Crippen molar-refractivity contribution in [3.63, 3.8) is 0 Å². The second kappa shape index (κ2) is 7.28. The smallest absolute Gasteiger partial charge is 0.233 e. The Bertz CT molecular complexity index is 396. The molecule has 0 aliphatic heterocycles. The number of aromatic nitrogens is 2. The molecule has 1 heterocycles. The van der Waals surface area contributed by atoms with Crippen LogP contribution in [0.5, 0.6) is 0 Å². The first-order chi connectivity index (χ1) is 9.25. The number of aryl methyl sites for hydroxylation is 2. The Morgan fingerprint density at radius 1 is 1.47 bits per heavy atom. The third-order valence-electron chi connectivity index (χ3n) is 3.79. The van der Waals surface area contributed by atoms with Crippen molar-refractivity contribution in [2.24, 2.45) is 0 Å². The van der Waals surface area contributed by atoms with Crippen molar-refractivity contribution in [3.05, 3.63) is 17.5 Å². The Kier molecular flexibility index (Phi) is 5.39. The van der Waals surface area contributed by atoms with Gasteiger partial charge in [0, 0.05) is 18.3 Å². The van der Waals surface area contributed by atoms with Gasteiger partial charge in [0.2, 0.25) is 5.91 Å². The van der Waals surface area contributed by atoms with E-state index >= 15 is 0 Å². The van der Waals surface area contributed by atoms with Crippen LogP contribution in [0.2, 0.25) is 0 Å². The standard InChI is InChI=1S/C14H24N4O/c1-11-12(9-17-18-11)5-4-8-15-14(19)10-16-13-6-2-3-7-13/h9,13,16H,2-8,10H2,1H3,(H,15,19)(H,17,18). The zero-order valence-electron chi connectivity index (χ0n) is 11.7. The fraction of sp³-hybridized carbons (Fsp3) is 0.714. The molecule has 1 saturated carbocycles. The molecule has 0 saturated heterocycles. The molecule has 0 atom stereocenters. The molecule has 1 aromatic rings. The average molecular weight is 264 g/mol. The summed E-state index contributed by atoms with van der Waals surface area (Å²) in [6.07, 6.45) is 8.79. The quantitative estimate of drug-likeness (QED) is 0.650. The highest BCUT2D eigenvalue weighted by atomic mass is 16.1. The summed E-state index contributed by atoms with van der Waals surface area (Å²) in [5.41, 5.74) is 2.35. The molecule has 2 rings (SSSR count). The van der Waals surface area contributed by atoms with E-state index in [9.17, 15) is 4.79 Å². The fourth-order valence-electron chi connectivity index (χ4n) is 2.56. The van der Waals surface area contributed by atoms with Crippen molar-refractivity contribution in [2.45, 2.75) is 51.5 Å². The highest BCUT2D eigenvalue weighted by Crippen LogP contribution is 2.17. The number of carbonyl (C=O) groups excluding carboxylic acids is 1. The molecule has 3 N–H and O–H groups in total. The minimum atomic E-state index is 0.107. The normalized spacial score (nSPS) is 15.8. The number of carbonyl (C=O) groups is 1. The van der Waals surface area contributed by atoms with Crippen LogP contribution in [0, 0.1) is 6.92 Å². The van der Waals surface area contributed by atoms with Gasteiger partial charge in [-0.2, -0.15) is 5.10 Å². The molecule has 0 bridgehead atoms. The van der Waals surface area contributed by atoms with Crippen LogP contribution in [0.15, 0.2) is 6.20 Å². The summed E-state index contributed by atoms with van der Waals surface area (Å²) in [6, 6.07) is 0.555. The number of aromatic amines is 1. The molecule has 1 aliphatic rings. The molecule has 1 fully saturated rings. The molecule has 0 radical (unpaired) electrons. The molecule has 106 valence electrons. The first-order valence-corrected chi connectivity index (χ1v) is 7.24. The second-order valence-corrected chi connectivity index (χ2v) is 5.34. The number of nitrogens with zero attached hydrogens (tertiary/aromatic N) is 1. The van der Waals surface area contributed by atoms with Crippen LogP contribution in [-0.4, -0.2) is 35.2 Å². The van der Waals surface area contributed by atoms with Crippen LogP contribution in [0.25, 0.3) is 0 Å². The van der Waals surface area contributed by atoms with E-state index in [1.807, 2.05) is 13.1 Å². The molecule has 1 aliphatic carbocycles. The summed E-state index contributed by atoms with van der Waals surface area (Å²) in [5.74, 6) is 0.107. The zero-order chi connectivity index (χ0) is 13.5. The number of rotatable bonds is 7. The lowest BCUT2D eigenvalue weighted by Gasteiger charge is -2.11. The summed E-state index contributed by atoms with van der Waals surface area (Å²) >= 11 is 0. The Balaban J connectivity index is 1.52. The van der Waals surface area contributed by atoms with Crippen LogP contribution in [0.1, 0.15) is 43.4 Å². The first kappa shape index (κ1) is 14.1. The summed E-state index contributed by atoms with van der Waals surface area (Å²) in [7, 11) is 0. The van der Waals surface area contributed by atoms with E-state index in [4.69, 9.17) is 0 Å². The predicted molar refractivity (Wildman–Crippen MR) is 74.9 cm³/mol. The van der Waals surface area contributed by atoms with Gasteiger partial charge in [0.1, 0.15) is 0 Å². The van der Waals surface area contributed by atoms with E-state index in [2.05, 4.69) is 20.8 Å². The monoisotopic (exact) mass is 264 g/mol. The SMILES string of the molecule is Cc1[nH]ncc1CCCNC(=O)CNC1CCCC1. The van der Waals surface area contributed by atoms with Crippen LogP contribution in [-0.2, 0) is 11.2 Å². The van der Waals surface area contributed by atoms with Crippen LogP contribution < -0.4 is 10.6 Å². The molecule has 5 nitrogen and oxygen atoms in total. The Morgan fingerprint density at radius 3 is 2.95 bits per heavy atom. The molecular formula is C14H24N4O. The number of H-pyrrole nitrogens is 1. The molecular weight excluding hydrogens is 240 g/mol. The van der Waals surface area contributed by atoms with Gasteiger partial charge in [0.15, 0.2) is 0 Å². The summed E-state index contributed by atoms with van der Waals surface area (Å²) < 4.78 is 0. The van der Waals surface area contributed by atoms with Crippen LogP contribution >= 0.6 is 0 Å². The van der Waals surface area contributed by atoms with Gasteiger partial charge in [-0.1, -0.05) is 12.8 Å². The minimum absolute atomic E-state index is 0.107. The molecule has 0 aromatic carbocycles. The largest absolute Gasteiger partial charge is 0.355 e. The van der Waals surface area contributed by atoms with Crippen molar-refractivity contribution in [3.8, 4) is 0 Å². The summed E-state index contributed by atoms with van der Waals surface area (Å²) in [4.78, 5) is 11.6. The minimum Gasteiger partial charge on any atom is -0.355 e.